The summed E-state index contributed by atoms with van der Waals surface area (Å²) in [4.78, 5) is 28.0. The van der Waals surface area contributed by atoms with Gasteiger partial charge in [-0.25, -0.2) is 9.97 Å². The number of fused-ring (bicyclic) bond motifs is 1. The van der Waals surface area contributed by atoms with Gasteiger partial charge in [-0.3, -0.25) is 9.48 Å². The molecule has 4 rings (SSSR count). The third-order valence-electron chi connectivity index (χ3n) is 6.02. The number of rotatable bonds is 9. The molecule has 13 heteroatoms. The van der Waals surface area contributed by atoms with E-state index in [1.807, 2.05) is 24.0 Å². The summed E-state index contributed by atoms with van der Waals surface area (Å²) in [7, 11) is 0. The topological polar surface area (TPSA) is 107 Å². The van der Waals surface area contributed by atoms with Gasteiger partial charge in [0.05, 0.1) is 31.4 Å². The second-order valence-corrected chi connectivity index (χ2v) is 8.90. The molecule has 0 amide bonds. The number of pyridine rings is 1. The lowest BCUT2D eigenvalue weighted by atomic mass is 9.97. The van der Waals surface area contributed by atoms with Crippen LogP contribution in [0.5, 0.6) is 0 Å². The van der Waals surface area contributed by atoms with Crippen LogP contribution in [0.3, 0.4) is 0 Å². The first-order valence-electron chi connectivity index (χ1n) is 12.2. The first-order chi connectivity index (χ1) is 17.6. The summed E-state index contributed by atoms with van der Waals surface area (Å²) in [6.45, 7) is 5.61. The Bertz CT molecular complexity index is 1240. The molecular formula is C24H30F3N7O3. The molecule has 200 valence electrons. The highest BCUT2D eigenvalue weighted by Gasteiger charge is 2.29. The van der Waals surface area contributed by atoms with Gasteiger partial charge in [-0.2, -0.15) is 23.3 Å². The van der Waals surface area contributed by atoms with E-state index >= 15 is 0 Å². The van der Waals surface area contributed by atoms with Crippen molar-refractivity contribution in [2.45, 2.75) is 46.3 Å². The van der Waals surface area contributed by atoms with Gasteiger partial charge in [-0.1, -0.05) is 0 Å². The van der Waals surface area contributed by atoms with Crippen molar-refractivity contribution in [3.63, 3.8) is 0 Å². The maximum atomic E-state index is 12.5. The Balaban J connectivity index is 1.63. The molecule has 0 radical (unpaired) electrons. The van der Waals surface area contributed by atoms with Crippen molar-refractivity contribution >= 4 is 34.6 Å². The molecule has 4 heterocycles. The van der Waals surface area contributed by atoms with Gasteiger partial charge in [-0.15, -0.1) is 0 Å². The minimum Gasteiger partial charge on any atom is -0.466 e. The standard InChI is InChI=1S/C24H30F3N7O3/c1-4-37-22(35)17-6-9-33(10-7-17)23-30-19-16(3)32-34(11-12-36-14-24(25,26)27)20(19)21(31-23)29-18-13-15(2)5-8-28-18/h5,8,13,17H,4,6-7,9-12,14H2,1-3H3,(H,28,29,30,31). The van der Waals surface area contributed by atoms with E-state index in [1.165, 1.54) is 0 Å². The second-order valence-electron chi connectivity index (χ2n) is 8.90. The highest BCUT2D eigenvalue weighted by atomic mass is 19.4. The van der Waals surface area contributed by atoms with Crippen molar-refractivity contribution in [3.05, 3.63) is 29.6 Å². The number of anilines is 3. The number of ether oxygens (including phenoxy) is 2. The number of piperidine rings is 1. The number of carbonyl (C=O) groups excluding carboxylic acids is 1. The van der Waals surface area contributed by atoms with E-state index in [2.05, 4.69) is 15.4 Å². The number of hydrogen-bond donors (Lipinski definition) is 1. The smallest absolute Gasteiger partial charge is 0.411 e. The molecule has 1 saturated heterocycles. The predicted molar refractivity (Wildman–Crippen MR) is 131 cm³/mol. The zero-order valence-corrected chi connectivity index (χ0v) is 21.0. The maximum Gasteiger partial charge on any atom is 0.411 e. The number of nitrogens with zero attached hydrogens (tertiary/aromatic N) is 6. The molecule has 1 aliphatic heterocycles. The van der Waals surface area contributed by atoms with Crippen LogP contribution in [-0.2, 0) is 20.8 Å². The lowest BCUT2D eigenvalue weighted by Crippen LogP contribution is -2.38. The quantitative estimate of drug-likeness (QED) is 0.331. The van der Waals surface area contributed by atoms with E-state index in [9.17, 15) is 18.0 Å². The van der Waals surface area contributed by atoms with Crippen LogP contribution in [0.4, 0.5) is 30.8 Å². The Morgan fingerprint density at radius 3 is 2.65 bits per heavy atom. The lowest BCUT2D eigenvalue weighted by molar-refractivity contribution is -0.174. The van der Waals surface area contributed by atoms with Crippen molar-refractivity contribution in [2.75, 3.05) is 43.1 Å². The highest BCUT2D eigenvalue weighted by Crippen LogP contribution is 2.30. The molecule has 0 bridgehead atoms. The molecule has 0 atom stereocenters. The van der Waals surface area contributed by atoms with Crippen molar-refractivity contribution in [1.29, 1.82) is 0 Å². The largest absolute Gasteiger partial charge is 0.466 e. The van der Waals surface area contributed by atoms with Gasteiger partial charge in [-0.05, 0) is 51.3 Å². The molecule has 3 aromatic heterocycles. The summed E-state index contributed by atoms with van der Waals surface area (Å²) in [5, 5.41) is 7.73. The highest BCUT2D eigenvalue weighted by molar-refractivity contribution is 5.90. The predicted octanol–water partition coefficient (Wildman–Crippen LogP) is 3.94. The van der Waals surface area contributed by atoms with Gasteiger partial charge in [0.25, 0.3) is 0 Å². The lowest BCUT2D eigenvalue weighted by Gasteiger charge is -2.31. The van der Waals surface area contributed by atoms with E-state index in [4.69, 9.17) is 19.4 Å². The molecular weight excluding hydrogens is 491 g/mol. The zero-order chi connectivity index (χ0) is 26.6. The number of aromatic nitrogens is 5. The van der Waals surface area contributed by atoms with Crippen molar-refractivity contribution in [1.82, 2.24) is 24.7 Å². The molecule has 1 fully saturated rings. The van der Waals surface area contributed by atoms with Gasteiger partial charge >= 0.3 is 12.1 Å². The molecule has 0 spiro atoms. The van der Waals surface area contributed by atoms with Crippen LogP contribution in [0.1, 0.15) is 31.0 Å². The molecule has 1 aliphatic rings. The summed E-state index contributed by atoms with van der Waals surface area (Å²) in [6, 6.07) is 3.73. The number of alkyl halides is 3. The van der Waals surface area contributed by atoms with Crippen LogP contribution >= 0.6 is 0 Å². The Morgan fingerprint density at radius 2 is 1.97 bits per heavy atom. The fraction of sp³-hybridized carbons (Fsp3) is 0.542. The minimum atomic E-state index is -4.40. The van der Waals surface area contributed by atoms with Crippen LogP contribution in [0.2, 0.25) is 0 Å². The Kier molecular flexibility index (Phi) is 8.10. The van der Waals surface area contributed by atoms with Gasteiger partial charge in [0.15, 0.2) is 5.82 Å². The Morgan fingerprint density at radius 1 is 1.22 bits per heavy atom. The van der Waals surface area contributed by atoms with Crippen molar-refractivity contribution in [2.24, 2.45) is 5.92 Å². The van der Waals surface area contributed by atoms with Crippen LogP contribution in [0.25, 0.3) is 11.0 Å². The van der Waals surface area contributed by atoms with Gasteiger partial charge in [0.1, 0.15) is 23.5 Å². The SMILES string of the molecule is CCOC(=O)C1CCN(c2nc(Nc3cc(C)ccn3)c3c(n2)c(C)nn3CCOCC(F)(F)F)CC1. The number of aryl methyl sites for hydroxylation is 2. The van der Waals surface area contributed by atoms with Gasteiger partial charge in [0, 0.05) is 19.3 Å². The number of esters is 1. The second kappa shape index (κ2) is 11.3. The average Bonchev–Trinajstić information content (AvgIpc) is 3.17. The summed E-state index contributed by atoms with van der Waals surface area (Å²) in [5.74, 6) is 1.13. The number of hydrogen-bond acceptors (Lipinski definition) is 9. The van der Waals surface area contributed by atoms with E-state index in [-0.39, 0.29) is 25.0 Å². The molecule has 0 aromatic carbocycles. The van der Waals surface area contributed by atoms with Gasteiger partial charge < -0.3 is 19.7 Å². The summed E-state index contributed by atoms with van der Waals surface area (Å²) in [6.07, 6.45) is -1.48. The fourth-order valence-corrected chi connectivity index (χ4v) is 4.25. The van der Waals surface area contributed by atoms with Crippen molar-refractivity contribution < 1.29 is 27.4 Å². The molecule has 10 nitrogen and oxygen atoms in total. The zero-order valence-electron chi connectivity index (χ0n) is 21.0. The van der Waals surface area contributed by atoms with E-state index in [0.29, 0.717) is 66.8 Å². The molecule has 0 saturated carbocycles. The van der Waals surface area contributed by atoms with Crippen LogP contribution in [0, 0.1) is 19.8 Å². The maximum absolute atomic E-state index is 12.5. The molecule has 0 unspecified atom stereocenters. The Labute approximate surface area is 212 Å². The number of halogens is 3. The first-order valence-corrected chi connectivity index (χ1v) is 12.2. The van der Waals surface area contributed by atoms with Crippen LogP contribution < -0.4 is 10.2 Å². The summed E-state index contributed by atoms with van der Waals surface area (Å²) >= 11 is 0. The third-order valence-corrected chi connectivity index (χ3v) is 6.02. The number of carbonyl (C=O) groups is 1. The number of nitrogens with one attached hydrogen (secondary N) is 1. The summed E-state index contributed by atoms with van der Waals surface area (Å²) in [5.41, 5.74) is 2.72. The van der Waals surface area contributed by atoms with Crippen LogP contribution in [-0.4, -0.2) is 69.8 Å². The normalized spacial score (nSPS) is 14.8. The third kappa shape index (κ3) is 6.64. The average molecular weight is 522 g/mol. The minimum absolute atomic E-state index is 0.0873. The van der Waals surface area contributed by atoms with Crippen molar-refractivity contribution in [3.8, 4) is 0 Å². The molecule has 3 aromatic rings. The molecule has 0 aliphatic carbocycles. The van der Waals surface area contributed by atoms with Crippen LogP contribution in [0.15, 0.2) is 18.3 Å². The van der Waals surface area contributed by atoms with E-state index in [0.717, 1.165) is 5.56 Å². The first kappa shape index (κ1) is 26.6. The van der Waals surface area contributed by atoms with E-state index < -0.39 is 12.8 Å². The summed E-state index contributed by atoms with van der Waals surface area (Å²) < 4.78 is 49.0. The molecule has 37 heavy (non-hydrogen) atoms. The van der Waals surface area contributed by atoms with E-state index in [1.54, 1.807) is 24.7 Å². The molecule has 1 N–H and O–H groups in total. The monoisotopic (exact) mass is 521 g/mol. The van der Waals surface area contributed by atoms with Gasteiger partial charge in [0.2, 0.25) is 5.95 Å². The Hall–Kier alpha value is -3.48. The fourth-order valence-electron chi connectivity index (χ4n) is 4.25.